The van der Waals surface area contributed by atoms with Gasteiger partial charge in [0.05, 0.1) is 17.0 Å². The van der Waals surface area contributed by atoms with Crippen molar-refractivity contribution in [1.82, 2.24) is 0 Å². The number of amides is 1. The molecule has 12 heteroatoms. The molecule has 0 radical (unpaired) electrons. The Bertz CT molecular complexity index is 1470. The second kappa shape index (κ2) is 9.13. The Morgan fingerprint density at radius 2 is 1.64 bits per heavy atom. The number of phenolic OH excluding ortho intramolecular Hbond substituents is 1. The van der Waals surface area contributed by atoms with E-state index >= 15 is 0 Å². The van der Waals surface area contributed by atoms with Crippen LogP contribution in [-0.4, -0.2) is 33.5 Å². The molecule has 0 fully saturated rings. The molecule has 0 unspecified atom stereocenters. The van der Waals surface area contributed by atoms with E-state index in [1.54, 1.807) is 6.07 Å². The summed E-state index contributed by atoms with van der Waals surface area (Å²) in [5.74, 6) is -9.58. The molecule has 8 nitrogen and oxygen atoms in total. The number of hydrogen-bond donors (Lipinski definition) is 3. The Hall–Kier alpha value is -4.74. The Balaban J connectivity index is 1.66. The number of hydrogen-bond acceptors (Lipinski definition) is 6. The Morgan fingerprint density at radius 3 is 2.28 bits per heavy atom. The smallest absolute Gasteiger partial charge is 0.335 e. The van der Waals surface area contributed by atoms with E-state index < -0.39 is 52.1 Å². The minimum atomic E-state index is -1.79. The highest BCUT2D eigenvalue weighted by Gasteiger charge is 2.37. The third kappa shape index (κ3) is 4.02. The number of phenols is 1. The highest BCUT2D eigenvalue weighted by molar-refractivity contribution is 6.71. The molecule has 3 aromatic carbocycles. The maximum Gasteiger partial charge on any atom is 0.335 e. The standard InChI is InChI=1S/C24H16F4N4O4/c1-10-16(25)18(27)21(19(28)17(10)26)32-23(34)20(11(2)31-32)30-29-15-8-4-7-14(22(15)33)12-5-3-6-13(9-12)24(35)36/h3-9,29,33H,1-2H3,(H,35,36)/b30-20-. The van der Waals surface area contributed by atoms with Crippen LogP contribution in [0.5, 0.6) is 5.75 Å². The summed E-state index contributed by atoms with van der Waals surface area (Å²) in [5.41, 5.74) is 0.318. The van der Waals surface area contributed by atoms with Gasteiger partial charge in [-0.1, -0.05) is 24.3 Å². The van der Waals surface area contributed by atoms with Crippen LogP contribution in [0.25, 0.3) is 11.1 Å². The van der Waals surface area contributed by atoms with Gasteiger partial charge in [0, 0.05) is 11.1 Å². The first-order chi connectivity index (χ1) is 17.0. The zero-order valence-electron chi connectivity index (χ0n) is 18.6. The van der Waals surface area contributed by atoms with Crippen LogP contribution in [0, 0.1) is 30.2 Å². The third-order valence-electron chi connectivity index (χ3n) is 5.40. The van der Waals surface area contributed by atoms with Crippen LogP contribution in [0.3, 0.4) is 0 Å². The monoisotopic (exact) mass is 500 g/mol. The van der Waals surface area contributed by atoms with Gasteiger partial charge in [-0.05, 0) is 37.6 Å². The van der Waals surface area contributed by atoms with Crippen molar-refractivity contribution < 1.29 is 37.4 Å². The van der Waals surface area contributed by atoms with Crippen molar-refractivity contribution in [2.24, 2.45) is 10.2 Å². The summed E-state index contributed by atoms with van der Waals surface area (Å²) in [5, 5.41) is 27.6. The summed E-state index contributed by atoms with van der Waals surface area (Å²) in [6.07, 6.45) is 0. The molecule has 184 valence electrons. The molecule has 0 spiro atoms. The lowest BCUT2D eigenvalue weighted by atomic mass is 10.0. The number of carbonyl (C=O) groups excluding carboxylic acids is 1. The number of carboxylic acid groups (broad SMARTS) is 1. The van der Waals surface area contributed by atoms with E-state index in [2.05, 4.69) is 15.6 Å². The molecular weight excluding hydrogens is 484 g/mol. The molecule has 0 aliphatic carbocycles. The largest absolute Gasteiger partial charge is 0.505 e. The van der Waals surface area contributed by atoms with Gasteiger partial charge in [-0.15, -0.1) is 0 Å². The number of benzene rings is 3. The maximum atomic E-state index is 14.4. The second-order valence-electron chi connectivity index (χ2n) is 7.69. The molecule has 1 heterocycles. The summed E-state index contributed by atoms with van der Waals surface area (Å²) in [6, 6.07) is 10.3. The van der Waals surface area contributed by atoms with Gasteiger partial charge < -0.3 is 10.2 Å². The van der Waals surface area contributed by atoms with Crippen LogP contribution in [-0.2, 0) is 4.79 Å². The second-order valence-corrected chi connectivity index (χ2v) is 7.69. The fourth-order valence-electron chi connectivity index (χ4n) is 3.50. The minimum Gasteiger partial charge on any atom is -0.505 e. The number of anilines is 2. The van der Waals surface area contributed by atoms with Crippen molar-refractivity contribution in [2.75, 3.05) is 10.4 Å². The first-order valence-corrected chi connectivity index (χ1v) is 10.2. The van der Waals surface area contributed by atoms with E-state index in [4.69, 9.17) is 0 Å². The van der Waals surface area contributed by atoms with Crippen molar-refractivity contribution in [3.8, 4) is 16.9 Å². The van der Waals surface area contributed by atoms with E-state index in [0.29, 0.717) is 5.56 Å². The quantitative estimate of drug-likeness (QED) is 0.201. The van der Waals surface area contributed by atoms with Crippen LogP contribution >= 0.6 is 0 Å². The van der Waals surface area contributed by atoms with Crippen LogP contribution in [0.4, 0.5) is 28.9 Å². The predicted molar refractivity (Wildman–Crippen MR) is 123 cm³/mol. The van der Waals surface area contributed by atoms with Crippen molar-refractivity contribution in [2.45, 2.75) is 13.8 Å². The molecule has 3 aromatic rings. The molecule has 1 amide bonds. The summed E-state index contributed by atoms with van der Waals surface area (Å²) in [7, 11) is 0. The molecule has 36 heavy (non-hydrogen) atoms. The van der Waals surface area contributed by atoms with Crippen LogP contribution in [0.15, 0.2) is 52.7 Å². The van der Waals surface area contributed by atoms with Gasteiger partial charge >= 0.3 is 11.9 Å². The van der Waals surface area contributed by atoms with E-state index in [0.717, 1.165) is 6.92 Å². The number of rotatable bonds is 5. The van der Waals surface area contributed by atoms with Crippen LogP contribution < -0.4 is 10.4 Å². The molecule has 0 aromatic heterocycles. The number of para-hydroxylation sites is 1. The topological polar surface area (TPSA) is 115 Å². The van der Waals surface area contributed by atoms with E-state index in [-0.39, 0.29) is 33.3 Å². The van der Waals surface area contributed by atoms with Gasteiger partial charge in [0.1, 0.15) is 11.4 Å². The van der Waals surface area contributed by atoms with Gasteiger partial charge in [0.25, 0.3) is 0 Å². The minimum absolute atomic E-state index is 0.00238. The van der Waals surface area contributed by atoms with Crippen molar-refractivity contribution in [1.29, 1.82) is 0 Å². The molecule has 1 aliphatic heterocycles. The van der Waals surface area contributed by atoms with Gasteiger partial charge in [-0.2, -0.15) is 15.2 Å². The fourth-order valence-corrected chi connectivity index (χ4v) is 3.50. The molecule has 0 atom stereocenters. The third-order valence-corrected chi connectivity index (χ3v) is 5.40. The number of carboxylic acids is 1. The summed E-state index contributed by atoms with van der Waals surface area (Å²) in [4.78, 5) is 24.0. The first kappa shape index (κ1) is 24.4. The van der Waals surface area contributed by atoms with Crippen LogP contribution in [0.1, 0.15) is 22.8 Å². The lowest BCUT2D eigenvalue weighted by molar-refractivity contribution is -0.112. The average molecular weight is 500 g/mol. The zero-order chi connectivity index (χ0) is 26.3. The Kier molecular flexibility index (Phi) is 6.19. The van der Waals surface area contributed by atoms with Gasteiger partial charge in [0.2, 0.25) is 0 Å². The first-order valence-electron chi connectivity index (χ1n) is 10.2. The Labute approximate surface area is 200 Å². The molecule has 0 saturated heterocycles. The maximum absolute atomic E-state index is 14.4. The SMILES string of the molecule is CC1=NN(c2c(F)c(F)c(C)c(F)c2F)C(=O)/C1=N\Nc1cccc(-c2cccc(C(=O)O)c2)c1O. The molecule has 0 saturated carbocycles. The van der Waals surface area contributed by atoms with Crippen molar-refractivity contribution in [3.05, 3.63) is 76.9 Å². The molecule has 0 bridgehead atoms. The normalized spacial score (nSPS) is 14.4. The van der Waals surface area contributed by atoms with Gasteiger partial charge in [-0.25, -0.2) is 22.4 Å². The van der Waals surface area contributed by atoms with E-state index in [1.165, 1.54) is 43.3 Å². The van der Waals surface area contributed by atoms with Gasteiger partial charge in [-0.3, -0.25) is 10.2 Å². The zero-order valence-corrected chi connectivity index (χ0v) is 18.6. The summed E-state index contributed by atoms with van der Waals surface area (Å²) in [6.45, 7) is 2.12. The highest BCUT2D eigenvalue weighted by atomic mass is 19.2. The number of halogens is 4. The lowest BCUT2D eigenvalue weighted by Gasteiger charge is -2.15. The fraction of sp³-hybridized carbons (Fsp3) is 0.0833. The number of aromatic hydroxyl groups is 1. The molecule has 3 N–H and O–H groups in total. The van der Waals surface area contributed by atoms with Gasteiger partial charge in [0.15, 0.2) is 29.0 Å². The van der Waals surface area contributed by atoms with E-state index in [1.807, 2.05) is 0 Å². The summed E-state index contributed by atoms with van der Waals surface area (Å²) < 4.78 is 56.8. The molecular formula is C24H16F4N4O4. The number of nitrogens with zero attached hydrogens (tertiary/aromatic N) is 3. The van der Waals surface area contributed by atoms with Crippen LogP contribution in [0.2, 0.25) is 0 Å². The Morgan fingerprint density at radius 1 is 1.00 bits per heavy atom. The predicted octanol–water partition coefficient (Wildman–Crippen LogP) is 4.81. The van der Waals surface area contributed by atoms with Crippen molar-refractivity contribution >= 4 is 34.7 Å². The summed E-state index contributed by atoms with van der Waals surface area (Å²) >= 11 is 0. The molecule has 4 rings (SSSR count). The highest BCUT2D eigenvalue weighted by Crippen LogP contribution is 2.36. The number of carbonyl (C=O) groups is 2. The number of nitrogens with one attached hydrogen (secondary N) is 1. The molecule has 1 aliphatic rings. The lowest BCUT2D eigenvalue weighted by Crippen LogP contribution is -2.30. The average Bonchev–Trinajstić information content (AvgIpc) is 3.13. The number of aromatic carboxylic acids is 1. The number of hydrazone groups is 2. The van der Waals surface area contributed by atoms with E-state index in [9.17, 15) is 37.4 Å². The van der Waals surface area contributed by atoms with Crippen molar-refractivity contribution in [3.63, 3.8) is 0 Å².